The number of alkyl halides is 1. The average Bonchev–Trinajstić information content (AvgIpc) is 3.40. The van der Waals surface area contributed by atoms with Crippen molar-refractivity contribution in [1.29, 1.82) is 0 Å². The maximum Gasteiger partial charge on any atom is 0.459 e. The number of nitrogens with one attached hydrogen (secondary N) is 1. The van der Waals surface area contributed by atoms with Gasteiger partial charge >= 0.3 is 13.7 Å². The summed E-state index contributed by atoms with van der Waals surface area (Å²) in [6, 6.07) is 8.13. The van der Waals surface area contributed by atoms with E-state index in [1.807, 2.05) is 0 Å². The first-order valence-corrected chi connectivity index (χ1v) is 14.0. The summed E-state index contributed by atoms with van der Waals surface area (Å²) in [5.41, 5.74) is 4.72. The number of nitrogens with two attached hydrogens (primary N) is 1. The van der Waals surface area contributed by atoms with Crippen LogP contribution in [0.1, 0.15) is 27.0 Å². The summed E-state index contributed by atoms with van der Waals surface area (Å²) >= 11 is 0. The van der Waals surface area contributed by atoms with Gasteiger partial charge in [0.1, 0.15) is 24.0 Å². The monoisotopic (exact) mass is 581 g/mol. The highest BCUT2D eigenvalue weighted by molar-refractivity contribution is 7.52. The molecule has 0 radical (unpaired) electrons. The number of carbonyl (C=O) groups is 1. The number of aliphatic hydroxyl groups excluding tert-OH is 1. The second kappa shape index (κ2) is 11.6. The molecule has 0 spiro atoms. The zero-order chi connectivity index (χ0) is 29.2. The average molecular weight is 582 g/mol. The lowest BCUT2D eigenvalue weighted by Gasteiger charge is -2.29. The van der Waals surface area contributed by atoms with Crippen LogP contribution >= 0.6 is 7.75 Å². The molecule has 40 heavy (non-hydrogen) atoms. The minimum atomic E-state index is -4.25. The van der Waals surface area contributed by atoms with Crippen molar-refractivity contribution in [3.05, 3.63) is 36.7 Å². The van der Waals surface area contributed by atoms with Gasteiger partial charge in [0.15, 0.2) is 29.4 Å². The topological polar surface area (TPSA) is 176 Å². The molecular weight excluding hydrogens is 548 g/mol. The van der Waals surface area contributed by atoms with Crippen LogP contribution in [0.4, 0.5) is 16.2 Å². The molecule has 4 N–H and O–H groups in total. The molecule has 1 fully saturated rings. The summed E-state index contributed by atoms with van der Waals surface area (Å²) in [5.74, 6) is -0.136. The Kier molecular flexibility index (Phi) is 8.61. The predicted octanol–water partition coefficient (Wildman–Crippen LogP) is 2.21. The first kappa shape index (κ1) is 29.6. The van der Waals surface area contributed by atoms with Crippen LogP contribution in [-0.4, -0.2) is 81.8 Å². The number of nitrogen functional groups attached to an aromatic ring is 1. The Balaban J connectivity index is 1.56. The lowest BCUT2D eigenvalue weighted by atomic mass is 9.99. The Morgan fingerprint density at radius 3 is 2.67 bits per heavy atom. The predicted molar refractivity (Wildman–Crippen MR) is 143 cm³/mol. The number of esters is 1. The van der Waals surface area contributed by atoms with Crippen molar-refractivity contribution >= 4 is 36.6 Å². The van der Waals surface area contributed by atoms with Crippen molar-refractivity contribution in [2.45, 2.75) is 51.0 Å². The fourth-order valence-corrected chi connectivity index (χ4v) is 5.41. The van der Waals surface area contributed by atoms with Crippen LogP contribution in [0, 0.1) is 0 Å². The standard InChI is InChI=1S/C24H33FN7O7P/c1-14(2)37-16(33)11-28-40(35,39-15-9-7-6-8-10-15)36-12-24(3)19(34)17(25)22(38-24)32-13-27-18-20(31(4)5)29-23(26)30-21(18)32/h6-10,13-14,17,19,22,34H,11-12H2,1-5H3,(H,28,35)(H2,26,29,30)/t17-,19+,22-,24-,40?/m1/s1. The molecule has 1 saturated heterocycles. The van der Waals surface area contributed by atoms with Gasteiger partial charge in [0.2, 0.25) is 5.95 Å². The van der Waals surface area contributed by atoms with Gasteiger partial charge in [-0.15, -0.1) is 0 Å². The number of para-hydroxylation sites is 1. The summed E-state index contributed by atoms with van der Waals surface area (Å²) in [6.45, 7) is 3.67. The minimum absolute atomic E-state index is 0.0564. The summed E-state index contributed by atoms with van der Waals surface area (Å²) in [4.78, 5) is 26.4. The van der Waals surface area contributed by atoms with E-state index in [1.165, 1.54) is 17.8 Å². The first-order chi connectivity index (χ1) is 18.8. The smallest absolute Gasteiger partial charge is 0.459 e. The van der Waals surface area contributed by atoms with E-state index in [2.05, 4.69) is 20.0 Å². The molecule has 5 atom stereocenters. The summed E-state index contributed by atoms with van der Waals surface area (Å²) in [6.07, 6.45) is -4.11. The van der Waals surface area contributed by atoms with Gasteiger partial charge in [-0.25, -0.2) is 19.0 Å². The van der Waals surface area contributed by atoms with Crippen molar-refractivity contribution < 1.29 is 37.4 Å². The molecule has 3 heterocycles. The van der Waals surface area contributed by atoms with Crippen LogP contribution in [0.15, 0.2) is 36.7 Å². The van der Waals surface area contributed by atoms with Crippen LogP contribution in [0.3, 0.4) is 0 Å². The number of aliphatic hydroxyl groups is 1. The first-order valence-electron chi connectivity index (χ1n) is 12.4. The molecule has 0 amide bonds. The fraction of sp³-hybridized carbons (Fsp3) is 0.500. The number of fused-ring (bicyclic) bond motifs is 1. The van der Waals surface area contributed by atoms with Crippen LogP contribution in [0.2, 0.25) is 0 Å². The highest BCUT2D eigenvalue weighted by atomic mass is 31.2. The largest absolute Gasteiger partial charge is 0.462 e. The number of carbonyl (C=O) groups excluding carboxylic acids is 1. The molecular formula is C24H33FN7O7P. The number of hydrogen-bond acceptors (Lipinski definition) is 12. The molecule has 1 unspecified atom stereocenters. The minimum Gasteiger partial charge on any atom is -0.462 e. The maximum atomic E-state index is 15.5. The van der Waals surface area contributed by atoms with Crippen LogP contribution in [-0.2, 0) is 23.4 Å². The van der Waals surface area contributed by atoms with Crippen molar-refractivity contribution in [2.24, 2.45) is 0 Å². The van der Waals surface area contributed by atoms with Crippen LogP contribution in [0.5, 0.6) is 5.75 Å². The highest BCUT2D eigenvalue weighted by Crippen LogP contribution is 2.48. The van der Waals surface area contributed by atoms with Gasteiger partial charge in [0, 0.05) is 14.1 Å². The van der Waals surface area contributed by atoms with Crippen LogP contribution in [0.25, 0.3) is 11.2 Å². The molecule has 16 heteroatoms. The van der Waals surface area contributed by atoms with Gasteiger partial charge in [0.05, 0.1) is 19.0 Å². The van der Waals surface area contributed by atoms with E-state index in [0.29, 0.717) is 11.3 Å². The molecule has 1 aliphatic heterocycles. The van der Waals surface area contributed by atoms with Gasteiger partial charge in [0.25, 0.3) is 0 Å². The molecule has 2 aromatic heterocycles. The lowest BCUT2D eigenvalue weighted by molar-refractivity contribution is -0.146. The quantitative estimate of drug-likeness (QED) is 0.222. The molecule has 0 aliphatic carbocycles. The summed E-state index contributed by atoms with van der Waals surface area (Å²) in [7, 11) is -0.759. The Morgan fingerprint density at radius 1 is 1.32 bits per heavy atom. The number of aromatic nitrogens is 4. The Morgan fingerprint density at radius 2 is 2.02 bits per heavy atom. The van der Waals surface area contributed by atoms with Crippen molar-refractivity contribution in [1.82, 2.24) is 24.6 Å². The van der Waals surface area contributed by atoms with Gasteiger partial charge in [-0.2, -0.15) is 9.97 Å². The molecule has 1 aromatic carbocycles. The normalized spacial score (nSPS) is 24.2. The van der Waals surface area contributed by atoms with E-state index in [0.717, 1.165) is 0 Å². The third-order valence-electron chi connectivity index (χ3n) is 5.98. The fourth-order valence-electron chi connectivity index (χ4n) is 4.05. The maximum absolute atomic E-state index is 15.5. The Hall–Kier alpha value is -3.36. The number of halogens is 1. The lowest BCUT2D eigenvalue weighted by Crippen LogP contribution is -2.43. The Labute approximate surface area is 230 Å². The Bertz CT molecular complexity index is 1390. The van der Waals surface area contributed by atoms with E-state index in [9.17, 15) is 14.5 Å². The van der Waals surface area contributed by atoms with Gasteiger partial charge in [-0.1, -0.05) is 18.2 Å². The number of hydrogen-bond donors (Lipinski definition) is 3. The molecule has 3 aromatic rings. The second-order valence-corrected chi connectivity index (χ2v) is 11.6. The number of nitrogens with zero attached hydrogens (tertiary/aromatic N) is 5. The molecule has 1 aliphatic rings. The molecule has 0 bridgehead atoms. The number of rotatable bonds is 11. The van der Waals surface area contributed by atoms with E-state index in [4.69, 9.17) is 24.3 Å². The van der Waals surface area contributed by atoms with Crippen molar-refractivity contribution in [2.75, 3.05) is 37.9 Å². The number of anilines is 2. The zero-order valence-electron chi connectivity index (χ0n) is 22.7. The highest BCUT2D eigenvalue weighted by Gasteiger charge is 2.54. The van der Waals surface area contributed by atoms with Crippen LogP contribution < -0.4 is 20.2 Å². The van der Waals surface area contributed by atoms with E-state index in [1.54, 1.807) is 63.2 Å². The summed E-state index contributed by atoms with van der Waals surface area (Å²) < 4.78 is 52.7. The number of benzene rings is 1. The van der Waals surface area contributed by atoms with E-state index >= 15 is 4.39 Å². The second-order valence-electron chi connectivity index (χ2n) is 9.88. The third-order valence-corrected chi connectivity index (χ3v) is 7.45. The van der Waals surface area contributed by atoms with Gasteiger partial charge in [-0.05, 0) is 32.9 Å². The molecule has 14 nitrogen and oxygen atoms in total. The van der Waals surface area contributed by atoms with E-state index < -0.39 is 57.1 Å². The number of ether oxygens (including phenoxy) is 2. The summed E-state index contributed by atoms with van der Waals surface area (Å²) in [5, 5.41) is 13.3. The third kappa shape index (κ3) is 6.34. The number of imidazole rings is 1. The molecule has 0 saturated carbocycles. The van der Waals surface area contributed by atoms with Gasteiger partial charge in [-0.3, -0.25) is 13.9 Å². The van der Waals surface area contributed by atoms with Crippen molar-refractivity contribution in [3.63, 3.8) is 0 Å². The van der Waals surface area contributed by atoms with Crippen molar-refractivity contribution in [3.8, 4) is 5.75 Å². The molecule has 4 rings (SSSR count). The SMILES string of the molecule is CC(C)OC(=O)CNP(=O)(OC[C@@]1(C)O[C@@H](n2cnc3c(N(C)C)nc(N)nc32)[C@H](F)[C@@H]1O)Oc1ccccc1. The van der Waals surface area contributed by atoms with E-state index in [-0.39, 0.29) is 17.3 Å². The molecule has 218 valence electrons. The zero-order valence-corrected chi connectivity index (χ0v) is 23.6. The van der Waals surface area contributed by atoms with Gasteiger partial charge < -0.3 is 29.7 Å².